The Balaban J connectivity index is 2.07. The fraction of sp³-hybridized carbons (Fsp3) is 1.00. The first kappa shape index (κ1) is 12.3. The summed E-state index contributed by atoms with van der Waals surface area (Å²) in [4.78, 5) is 0. The van der Waals surface area contributed by atoms with Crippen molar-refractivity contribution < 1.29 is 5.11 Å². The van der Waals surface area contributed by atoms with Gasteiger partial charge in [-0.2, -0.15) is 11.8 Å². The van der Waals surface area contributed by atoms with Crippen molar-refractivity contribution in [3.63, 3.8) is 0 Å². The van der Waals surface area contributed by atoms with Gasteiger partial charge in [-0.3, -0.25) is 0 Å². The van der Waals surface area contributed by atoms with E-state index in [9.17, 15) is 0 Å². The normalized spacial score (nSPS) is 22.9. The van der Waals surface area contributed by atoms with Crippen LogP contribution >= 0.6 is 11.8 Å². The minimum atomic E-state index is 0.237. The molecule has 0 aromatic rings. The second kappa shape index (κ2) is 5.99. The summed E-state index contributed by atoms with van der Waals surface area (Å²) >= 11 is 2.07. The molecule has 1 aliphatic heterocycles. The van der Waals surface area contributed by atoms with Crippen molar-refractivity contribution >= 4 is 11.8 Å². The fourth-order valence-corrected chi connectivity index (χ4v) is 3.03. The number of hydrogen-bond donors (Lipinski definition) is 2. The molecule has 0 saturated carbocycles. The Morgan fingerprint density at radius 3 is 2.86 bits per heavy atom. The first-order valence-corrected chi connectivity index (χ1v) is 6.69. The van der Waals surface area contributed by atoms with Gasteiger partial charge >= 0.3 is 0 Å². The van der Waals surface area contributed by atoms with Gasteiger partial charge in [-0.25, -0.2) is 0 Å². The van der Waals surface area contributed by atoms with E-state index in [0.29, 0.717) is 6.61 Å². The van der Waals surface area contributed by atoms with Gasteiger partial charge in [-0.1, -0.05) is 13.8 Å². The van der Waals surface area contributed by atoms with Gasteiger partial charge in [-0.05, 0) is 42.2 Å². The molecule has 0 bridgehead atoms. The van der Waals surface area contributed by atoms with Crippen molar-refractivity contribution in [3.8, 4) is 0 Å². The third kappa shape index (κ3) is 4.67. The van der Waals surface area contributed by atoms with Crippen molar-refractivity contribution in [2.24, 2.45) is 11.3 Å². The summed E-state index contributed by atoms with van der Waals surface area (Å²) in [5.74, 6) is 3.55. The molecule has 84 valence electrons. The summed E-state index contributed by atoms with van der Waals surface area (Å²) < 4.78 is 0. The van der Waals surface area contributed by atoms with Crippen molar-refractivity contribution in [1.82, 2.24) is 5.32 Å². The lowest BCUT2D eigenvalue weighted by molar-refractivity contribution is 0.206. The Kier molecular flexibility index (Phi) is 5.28. The van der Waals surface area contributed by atoms with E-state index in [4.69, 9.17) is 5.11 Å². The van der Waals surface area contributed by atoms with E-state index >= 15 is 0 Å². The highest BCUT2D eigenvalue weighted by atomic mass is 32.2. The molecule has 1 heterocycles. The quantitative estimate of drug-likeness (QED) is 0.711. The van der Waals surface area contributed by atoms with E-state index in [1.165, 1.54) is 17.9 Å². The summed E-state index contributed by atoms with van der Waals surface area (Å²) in [6.07, 6.45) is 2.26. The zero-order chi connectivity index (χ0) is 10.4. The topological polar surface area (TPSA) is 32.3 Å². The molecule has 1 rings (SSSR count). The van der Waals surface area contributed by atoms with Gasteiger partial charge < -0.3 is 10.4 Å². The highest BCUT2D eigenvalue weighted by Crippen LogP contribution is 2.23. The van der Waals surface area contributed by atoms with E-state index in [-0.39, 0.29) is 5.41 Å². The molecule has 1 fully saturated rings. The second-order valence-electron chi connectivity index (χ2n) is 5.00. The van der Waals surface area contributed by atoms with Crippen LogP contribution < -0.4 is 5.32 Å². The van der Waals surface area contributed by atoms with Gasteiger partial charge in [-0.15, -0.1) is 0 Å². The van der Waals surface area contributed by atoms with Gasteiger partial charge in [0.1, 0.15) is 0 Å². The summed E-state index contributed by atoms with van der Waals surface area (Å²) in [7, 11) is 0. The van der Waals surface area contributed by atoms with Gasteiger partial charge in [0.05, 0.1) is 0 Å². The minimum Gasteiger partial charge on any atom is -0.396 e. The van der Waals surface area contributed by atoms with Crippen LogP contribution in [0.25, 0.3) is 0 Å². The fourth-order valence-electron chi connectivity index (χ4n) is 1.75. The molecular weight excluding hydrogens is 194 g/mol. The molecule has 0 aromatic carbocycles. The molecule has 2 nitrogen and oxygen atoms in total. The molecule has 1 saturated heterocycles. The van der Waals surface area contributed by atoms with Crippen LogP contribution in [0.5, 0.6) is 0 Å². The number of nitrogens with one attached hydrogen (secondary N) is 1. The van der Waals surface area contributed by atoms with Crippen LogP contribution in [0.3, 0.4) is 0 Å². The van der Waals surface area contributed by atoms with Crippen molar-refractivity contribution in [2.75, 3.05) is 31.2 Å². The zero-order valence-electron chi connectivity index (χ0n) is 9.38. The van der Waals surface area contributed by atoms with Crippen LogP contribution in [-0.2, 0) is 0 Å². The highest BCUT2D eigenvalue weighted by molar-refractivity contribution is 7.99. The molecular formula is C11H23NOS. The number of aliphatic hydroxyl groups excluding tert-OH is 1. The standard InChI is InChI=1S/C11H23NOS/c1-11(2,4-5-13)9-12-7-10-3-6-14-8-10/h10,12-13H,3-9H2,1-2H3. The van der Waals surface area contributed by atoms with E-state index in [2.05, 4.69) is 30.9 Å². The smallest absolute Gasteiger partial charge is 0.0436 e. The lowest BCUT2D eigenvalue weighted by Crippen LogP contribution is -2.33. The third-order valence-electron chi connectivity index (χ3n) is 2.85. The summed E-state index contributed by atoms with van der Waals surface area (Å²) in [5.41, 5.74) is 0.237. The largest absolute Gasteiger partial charge is 0.396 e. The highest BCUT2D eigenvalue weighted by Gasteiger charge is 2.19. The molecule has 0 amide bonds. The maximum atomic E-state index is 8.88. The zero-order valence-corrected chi connectivity index (χ0v) is 10.2. The monoisotopic (exact) mass is 217 g/mol. The first-order valence-electron chi connectivity index (χ1n) is 5.53. The lowest BCUT2D eigenvalue weighted by atomic mass is 9.89. The van der Waals surface area contributed by atoms with E-state index in [1.54, 1.807) is 0 Å². The molecule has 0 aliphatic carbocycles. The third-order valence-corrected chi connectivity index (χ3v) is 4.08. The Bertz CT molecular complexity index is 155. The minimum absolute atomic E-state index is 0.237. The maximum Gasteiger partial charge on any atom is 0.0436 e. The molecule has 0 spiro atoms. The summed E-state index contributed by atoms with van der Waals surface area (Å²) in [6, 6.07) is 0. The number of hydrogen-bond acceptors (Lipinski definition) is 3. The Morgan fingerprint density at radius 1 is 1.50 bits per heavy atom. The molecule has 1 unspecified atom stereocenters. The molecule has 14 heavy (non-hydrogen) atoms. The van der Waals surface area contributed by atoms with Crippen LogP contribution in [0.4, 0.5) is 0 Å². The van der Waals surface area contributed by atoms with Crippen LogP contribution in [0, 0.1) is 11.3 Å². The first-order chi connectivity index (χ1) is 6.64. The number of rotatable bonds is 6. The van der Waals surface area contributed by atoms with Crippen molar-refractivity contribution in [2.45, 2.75) is 26.7 Å². The van der Waals surface area contributed by atoms with Gasteiger partial charge in [0.2, 0.25) is 0 Å². The Labute approximate surface area is 91.9 Å². The van der Waals surface area contributed by atoms with E-state index in [1.807, 2.05) is 0 Å². The van der Waals surface area contributed by atoms with Crippen molar-refractivity contribution in [3.05, 3.63) is 0 Å². The lowest BCUT2D eigenvalue weighted by Gasteiger charge is -2.24. The number of thioether (sulfide) groups is 1. The van der Waals surface area contributed by atoms with Crippen LogP contribution in [0.15, 0.2) is 0 Å². The SMILES string of the molecule is CC(C)(CCO)CNCC1CCSC1. The molecule has 3 heteroatoms. The van der Waals surface area contributed by atoms with Gasteiger partial charge in [0, 0.05) is 13.2 Å². The van der Waals surface area contributed by atoms with Gasteiger partial charge in [0.15, 0.2) is 0 Å². The predicted molar refractivity (Wildman–Crippen MR) is 63.8 cm³/mol. The van der Waals surface area contributed by atoms with E-state index < -0.39 is 0 Å². The molecule has 1 aliphatic rings. The number of aliphatic hydroxyl groups is 1. The molecule has 2 N–H and O–H groups in total. The average molecular weight is 217 g/mol. The van der Waals surface area contributed by atoms with Crippen LogP contribution in [0.2, 0.25) is 0 Å². The average Bonchev–Trinajstić information content (AvgIpc) is 2.56. The van der Waals surface area contributed by atoms with E-state index in [0.717, 1.165) is 25.4 Å². The Hall–Kier alpha value is 0.270. The molecule has 0 aromatic heterocycles. The molecule has 0 radical (unpaired) electrons. The molecule has 1 atom stereocenters. The maximum absolute atomic E-state index is 8.88. The summed E-state index contributed by atoms with van der Waals surface area (Å²) in [5, 5.41) is 12.4. The Morgan fingerprint density at radius 2 is 2.29 bits per heavy atom. The second-order valence-corrected chi connectivity index (χ2v) is 6.15. The van der Waals surface area contributed by atoms with Gasteiger partial charge in [0.25, 0.3) is 0 Å². The summed E-state index contributed by atoms with van der Waals surface area (Å²) in [6.45, 7) is 6.89. The predicted octanol–water partition coefficient (Wildman–Crippen LogP) is 1.74. The van der Waals surface area contributed by atoms with Crippen LogP contribution in [-0.4, -0.2) is 36.3 Å². The van der Waals surface area contributed by atoms with Crippen LogP contribution in [0.1, 0.15) is 26.7 Å². The van der Waals surface area contributed by atoms with Crippen molar-refractivity contribution in [1.29, 1.82) is 0 Å².